The van der Waals surface area contributed by atoms with Crippen LogP contribution in [0.15, 0.2) is 106 Å². The zero-order chi connectivity index (χ0) is 75.9. The standard InChI is InChI=1S/C27H32N6O6SSi.C25H30N6O4SSi.C19H16N6O3S/c1-31-21-18(22-23(31)30-24(40-22)20(26(35)37-2)27(36)38-3)13-28-32(25(21)34)14-16-8-7-9-19-17(16)12-29-33(19)15-39-10-11-41(4,5)6;1-29-22-18(23-24(29)28-20(36-23)11-21(32)34-2)13-26-30(25(22)33)14-16-7-6-8-19-17(16)12-27-31(19)15-35-9-10-37(3,4)5;1-24-16-12(17-18(24)22-14(29-17)6-15(26)28-2)8-21-25(19(16)27)9-10-4-3-5-13-11(10)7-20-23-13/h7-9,12-13,20H,10-11,14-15H2,1-6H3;6-8,12-13H,9-11,14-15H2,1-5H3;3-5,7-8H,6,9H2,1-2H3,(H,20,23). The highest BCUT2D eigenvalue weighted by molar-refractivity contribution is 7.20. The highest BCUT2D eigenvalue weighted by Gasteiger charge is 2.35. The second-order valence-corrected chi connectivity index (χ2v) is 42.4. The number of benzene rings is 3. The zero-order valence-electron chi connectivity index (χ0n) is 61.2. The van der Waals surface area contributed by atoms with Crippen LogP contribution in [-0.2, 0) is 115 Å². The van der Waals surface area contributed by atoms with Crippen molar-refractivity contribution in [1.82, 2.24) is 87.8 Å². The van der Waals surface area contributed by atoms with Crippen LogP contribution in [0.4, 0.5) is 0 Å². The minimum atomic E-state index is -1.31. The molecule has 0 spiro atoms. The molecule has 15 aromatic rings. The SMILES string of the molecule is COC(=O)C(C(=O)OC)c1nc2c(s1)c1cnn(Cc3cccc4c3cnn4COCC[Si](C)(C)C)c(=O)c1n2C.COC(=O)Cc1nc2c(s1)c1cnn(Cc3cccc4[nH]ncc34)c(=O)c1n2C.COC(=O)Cc1nc2c(s1)c1cnn(Cc3cccc4c3cnn4COCC[Si](C)(C)C)c(=O)c1n2C. The van der Waals surface area contributed by atoms with Crippen molar-refractivity contribution < 1.29 is 47.6 Å². The predicted octanol–water partition coefficient (Wildman–Crippen LogP) is 9.24. The lowest BCUT2D eigenvalue weighted by Crippen LogP contribution is -2.25. The first kappa shape index (κ1) is 74.5. The smallest absolute Gasteiger partial charge is 0.327 e. The number of esters is 4. The van der Waals surface area contributed by atoms with E-state index < -0.39 is 34.0 Å². The Balaban J connectivity index is 0.000000144. The third kappa shape index (κ3) is 15.1. The number of carbonyl (C=O) groups is 4. The summed E-state index contributed by atoms with van der Waals surface area (Å²) in [6.45, 7) is 17.0. The third-order valence-electron chi connectivity index (χ3n) is 18.4. The first-order valence-corrected chi connectivity index (χ1v) is 43.9. The molecule has 0 saturated carbocycles. The van der Waals surface area contributed by atoms with Crippen molar-refractivity contribution >= 4 is 170 Å². The van der Waals surface area contributed by atoms with Crippen LogP contribution in [-0.4, -0.2) is 169 Å². The predicted molar refractivity (Wildman–Crippen MR) is 414 cm³/mol. The van der Waals surface area contributed by atoms with Crippen molar-refractivity contribution in [2.24, 2.45) is 21.1 Å². The maximum Gasteiger partial charge on any atom is 0.327 e. The molecular weight excluding hydrogens is 1470 g/mol. The van der Waals surface area contributed by atoms with Gasteiger partial charge in [-0.1, -0.05) is 75.7 Å². The lowest BCUT2D eigenvalue weighted by atomic mass is 10.1. The number of nitrogens with one attached hydrogen (secondary N) is 1. The number of aromatic nitrogens is 18. The highest BCUT2D eigenvalue weighted by atomic mass is 32.1. The van der Waals surface area contributed by atoms with Gasteiger partial charge in [0.2, 0.25) is 5.92 Å². The second kappa shape index (κ2) is 30.6. The molecule has 0 unspecified atom stereocenters. The van der Waals surface area contributed by atoms with Crippen molar-refractivity contribution in [3.63, 3.8) is 0 Å². The summed E-state index contributed by atoms with van der Waals surface area (Å²) in [5.74, 6) is -3.53. The number of H-pyrrole nitrogens is 1. The average Bonchev–Trinajstić information content (AvgIpc) is 1.60. The number of fused-ring (bicyclic) bond motifs is 12. The Hall–Kier alpha value is -10.8. The molecule has 12 aromatic heterocycles. The van der Waals surface area contributed by atoms with Crippen molar-refractivity contribution in [3.05, 3.63) is 155 Å². The summed E-state index contributed by atoms with van der Waals surface area (Å²) in [4.78, 5) is 102. The van der Waals surface area contributed by atoms with Crippen LogP contribution in [0.3, 0.4) is 0 Å². The summed E-state index contributed by atoms with van der Waals surface area (Å²) in [7, 11) is 8.10. The van der Waals surface area contributed by atoms with E-state index in [-0.39, 0.29) is 53.0 Å². The first-order chi connectivity index (χ1) is 51.3. The summed E-state index contributed by atoms with van der Waals surface area (Å²) in [6, 6.07) is 19.8. The largest absolute Gasteiger partial charge is 0.469 e. The van der Waals surface area contributed by atoms with Gasteiger partial charge in [0, 0.05) is 82.8 Å². The van der Waals surface area contributed by atoms with Gasteiger partial charge in [-0.15, -0.1) is 34.0 Å². The van der Waals surface area contributed by atoms with Gasteiger partial charge < -0.3 is 42.1 Å². The fourth-order valence-corrected chi connectivity index (χ4v) is 17.4. The van der Waals surface area contributed by atoms with Gasteiger partial charge in [-0.05, 0) is 47.0 Å². The van der Waals surface area contributed by atoms with E-state index in [0.717, 1.165) is 99.6 Å². The number of methoxy groups -OCH3 is 4. The summed E-state index contributed by atoms with van der Waals surface area (Å²) in [5, 5.41) is 35.8. The highest BCUT2D eigenvalue weighted by Crippen LogP contribution is 2.37. The molecule has 12 heterocycles. The Kier molecular flexibility index (Phi) is 21.3. The Morgan fingerprint density at radius 1 is 0.458 bits per heavy atom. The third-order valence-corrected chi connectivity index (χ3v) is 25.1. The van der Waals surface area contributed by atoms with Crippen molar-refractivity contribution in [2.45, 2.75) is 103 Å². The van der Waals surface area contributed by atoms with Crippen LogP contribution < -0.4 is 16.7 Å². The molecule has 36 heteroatoms. The van der Waals surface area contributed by atoms with Crippen molar-refractivity contribution in [1.29, 1.82) is 0 Å². The van der Waals surface area contributed by atoms with Gasteiger partial charge in [0.1, 0.15) is 45.0 Å². The number of hydrogen-bond acceptors (Lipinski definition) is 25. The van der Waals surface area contributed by atoms with E-state index in [1.165, 1.54) is 65.2 Å². The molecule has 0 aliphatic carbocycles. The fraction of sp³-hybridized carbons (Fsp3) is 0.352. The van der Waals surface area contributed by atoms with Crippen LogP contribution >= 0.6 is 34.0 Å². The first-order valence-electron chi connectivity index (χ1n) is 34.0. The monoisotopic (exact) mass is 1540 g/mol. The van der Waals surface area contributed by atoms with Gasteiger partial charge in [-0.2, -0.15) is 30.6 Å². The van der Waals surface area contributed by atoms with Crippen LogP contribution in [0.2, 0.25) is 51.4 Å². The van der Waals surface area contributed by atoms with Crippen LogP contribution in [0.1, 0.15) is 37.6 Å². The van der Waals surface area contributed by atoms with E-state index >= 15 is 0 Å². The molecule has 0 atom stereocenters. The number of thiazole rings is 3. The number of aryl methyl sites for hydroxylation is 3. The maximum absolute atomic E-state index is 13.6. The number of aromatic amines is 1. The van der Waals surface area contributed by atoms with Crippen molar-refractivity contribution in [3.8, 4) is 0 Å². The van der Waals surface area contributed by atoms with Gasteiger partial charge in [0.25, 0.3) is 16.7 Å². The van der Waals surface area contributed by atoms with E-state index in [1.54, 1.807) is 58.8 Å². The molecule has 0 aliphatic rings. The Morgan fingerprint density at radius 2 is 0.832 bits per heavy atom. The van der Waals surface area contributed by atoms with Gasteiger partial charge in [0.15, 0.2) is 16.9 Å². The van der Waals surface area contributed by atoms with E-state index in [4.69, 9.17) is 28.4 Å². The minimum absolute atomic E-state index is 0.100. The fourth-order valence-electron chi connectivity index (χ4n) is 12.5. The van der Waals surface area contributed by atoms with Crippen LogP contribution in [0.25, 0.3) is 96.5 Å². The summed E-state index contributed by atoms with van der Waals surface area (Å²) < 4.78 is 46.3. The van der Waals surface area contributed by atoms with Gasteiger partial charge in [-0.25, -0.2) is 38.4 Å². The summed E-state index contributed by atoms with van der Waals surface area (Å²) in [6.07, 6.45) is 10.6. The Bertz CT molecular complexity index is 6120. The number of hydrogen-bond donors (Lipinski definition) is 1. The number of ether oxygens (including phenoxy) is 6. The lowest BCUT2D eigenvalue weighted by molar-refractivity contribution is -0.154. The summed E-state index contributed by atoms with van der Waals surface area (Å²) in [5.41, 5.74) is 8.23. The second-order valence-electron chi connectivity index (χ2n) is 27.9. The molecule has 0 saturated heterocycles. The van der Waals surface area contributed by atoms with E-state index in [1.807, 2.05) is 77.2 Å². The van der Waals surface area contributed by atoms with Gasteiger partial charge in [0.05, 0.1) is 129 Å². The van der Waals surface area contributed by atoms with Crippen LogP contribution in [0.5, 0.6) is 0 Å². The van der Waals surface area contributed by atoms with E-state index in [2.05, 4.69) is 89.9 Å². The van der Waals surface area contributed by atoms with Gasteiger partial charge >= 0.3 is 23.9 Å². The molecule has 107 heavy (non-hydrogen) atoms. The van der Waals surface area contributed by atoms with E-state index in [9.17, 15) is 33.6 Å². The maximum atomic E-state index is 13.6. The van der Waals surface area contributed by atoms with E-state index in [0.29, 0.717) is 86.8 Å². The van der Waals surface area contributed by atoms with Gasteiger partial charge in [-0.3, -0.25) is 38.7 Å². The molecule has 0 amide bonds. The molecule has 0 radical (unpaired) electrons. The normalized spacial score (nSPS) is 12.1. The molecule has 3 aromatic carbocycles. The molecule has 0 aliphatic heterocycles. The molecule has 0 bridgehead atoms. The Morgan fingerprint density at radius 3 is 1.23 bits per heavy atom. The topological polar surface area (TPSA) is 346 Å². The molecule has 0 fully saturated rings. The van der Waals surface area contributed by atoms with Crippen molar-refractivity contribution in [2.75, 3.05) is 41.7 Å². The zero-order valence-corrected chi connectivity index (χ0v) is 65.6. The number of nitrogens with zero attached hydrogens (tertiary/aromatic N) is 17. The molecule has 1 N–H and O–H groups in total. The quantitative estimate of drug-likeness (QED) is 0.0205. The molecule has 556 valence electrons. The lowest BCUT2D eigenvalue weighted by Gasteiger charge is -2.15. The average molecular weight is 1540 g/mol. The summed E-state index contributed by atoms with van der Waals surface area (Å²) >= 11 is 3.89. The number of rotatable bonds is 23. The molecule has 31 nitrogen and oxygen atoms in total. The minimum Gasteiger partial charge on any atom is -0.469 e. The van der Waals surface area contributed by atoms with Crippen LogP contribution in [0, 0.1) is 0 Å². The molecular formula is C71H78N18O13S3Si2. The Labute approximate surface area is 622 Å². The molecule has 15 rings (SSSR count). The number of carbonyl (C=O) groups excluding carboxylic acids is 4.